The Hall–Kier alpha value is -1.67. The molecule has 0 aromatic rings. The van der Waals surface area contributed by atoms with E-state index in [4.69, 9.17) is 9.47 Å². The number of nitrogens with zero attached hydrogens (tertiary/aromatic N) is 2. The average molecular weight is 473 g/mol. The monoisotopic (exact) mass is 472 g/mol. The highest BCUT2D eigenvalue weighted by atomic mass is 16.6. The highest BCUT2D eigenvalue weighted by Crippen LogP contribution is 2.58. The molecule has 0 aromatic carbocycles. The van der Waals surface area contributed by atoms with Crippen LogP contribution in [0.15, 0.2) is 0 Å². The zero-order valence-electron chi connectivity index (χ0n) is 19.9. The largest absolute Gasteiger partial charge is 0.465 e. The smallest absolute Gasteiger partial charge is 0.407 e. The summed E-state index contributed by atoms with van der Waals surface area (Å²) in [6.07, 6.45) is 8.70. The lowest BCUT2D eigenvalue weighted by atomic mass is 9.62. The first-order chi connectivity index (χ1) is 16.5. The van der Waals surface area contributed by atoms with Crippen LogP contribution in [0.5, 0.6) is 0 Å². The Kier molecular flexibility index (Phi) is 4.87. The predicted octanol–water partition coefficient (Wildman–Crippen LogP) is 2.89. The molecule has 7 aliphatic rings. The minimum absolute atomic E-state index is 0.0407. The second-order valence-corrected chi connectivity index (χ2v) is 12.1. The first-order valence-corrected chi connectivity index (χ1v) is 13.6. The number of likely N-dealkylation sites (tertiary alicyclic amines) is 2. The van der Waals surface area contributed by atoms with Gasteiger partial charge >= 0.3 is 6.09 Å². The van der Waals surface area contributed by atoms with Crippen LogP contribution in [0.2, 0.25) is 0 Å². The number of carboxylic acid groups (broad SMARTS) is 1. The lowest BCUT2D eigenvalue weighted by Crippen LogP contribution is -2.67. The zero-order chi connectivity index (χ0) is 23.3. The number of imide groups is 1. The molecule has 12 unspecified atom stereocenters. The molecule has 3 saturated heterocycles. The van der Waals surface area contributed by atoms with Gasteiger partial charge in [0.2, 0.25) is 11.8 Å². The van der Waals surface area contributed by atoms with Gasteiger partial charge in [0, 0.05) is 13.1 Å². The second-order valence-electron chi connectivity index (χ2n) is 12.1. The van der Waals surface area contributed by atoms with E-state index >= 15 is 0 Å². The summed E-state index contributed by atoms with van der Waals surface area (Å²) in [5.74, 6) is -0.113. The fourth-order valence-electron chi connectivity index (χ4n) is 9.55. The molecule has 1 N–H and O–H groups in total. The van der Waals surface area contributed by atoms with Gasteiger partial charge in [-0.2, -0.15) is 0 Å². The summed E-state index contributed by atoms with van der Waals surface area (Å²) in [5, 5.41) is 10.3. The zero-order valence-corrected chi connectivity index (χ0v) is 19.9. The molecular formula is C26H36N2O6. The summed E-state index contributed by atoms with van der Waals surface area (Å²) in [6, 6.07) is -0.505. The molecule has 186 valence electrons. The fourth-order valence-corrected chi connectivity index (χ4v) is 9.55. The summed E-state index contributed by atoms with van der Waals surface area (Å²) < 4.78 is 13.6. The maximum Gasteiger partial charge on any atom is 0.407 e. The Morgan fingerprint density at radius 3 is 2.12 bits per heavy atom. The van der Waals surface area contributed by atoms with E-state index in [1.165, 1.54) is 30.6 Å². The SMILES string of the molecule is CN1C(=O)C2C3OC4CC5CCCCC5CC4OC3C3C(C4CCCCC4N3C(=O)O)C2C1=O. The number of amides is 3. The maximum atomic E-state index is 13.4. The second kappa shape index (κ2) is 7.66. The Morgan fingerprint density at radius 1 is 0.853 bits per heavy atom. The van der Waals surface area contributed by atoms with Crippen molar-refractivity contribution in [1.82, 2.24) is 9.80 Å². The Labute approximate surface area is 200 Å². The quantitative estimate of drug-likeness (QED) is 0.545. The van der Waals surface area contributed by atoms with Gasteiger partial charge in [0.05, 0.1) is 36.2 Å². The minimum Gasteiger partial charge on any atom is -0.465 e. The number of hydrogen-bond donors (Lipinski definition) is 1. The van der Waals surface area contributed by atoms with Crippen molar-refractivity contribution >= 4 is 17.9 Å². The Morgan fingerprint density at radius 2 is 1.44 bits per heavy atom. The number of carbonyl (C=O) groups is 3. The van der Waals surface area contributed by atoms with E-state index in [-0.39, 0.29) is 41.9 Å². The van der Waals surface area contributed by atoms with Crippen LogP contribution in [-0.2, 0) is 19.1 Å². The van der Waals surface area contributed by atoms with E-state index in [0.717, 1.165) is 38.5 Å². The lowest BCUT2D eigenvalue weighted by molar-refractivity contribution is -0.280. The number of hydrogen-bond acceptors (Lipinski definition) is 5. The highest BCUT2D eigenvalue weighted by molar-refractivity contribution is 6.05. The van der Waals surface area contributed by atoms with E-state index in [0.29, 0.717) is 11.8 Å². The topological polar surface area (TPSA) is 96.4 Å². The molecule has 7 rings (SSSR count). The lowest BCUT2D eigenvalue weighted by Gasteiger charge is -2.55. The molecule has 34 heavy (non-hydrogen) atoms. The van der Waals surface area contributed by atoms with Crippen LogP contribution >= 0.6 is 0 Å². The third-order valence-electron chi connectivity index (χ3n) is 10.8. The van der Waals surface area contributed by atoms with Crippen LogP contribution in [0, 0.1) is 35.5 Å². The van der Waals surface area contributed by atoms with Crippen LogP contribution in [0.25, 0.3) is 0 Å². The first-order valence-electron chi connectivity index (χ1n) is 13.6. The molecule has 8 nitrogen and oxygen atoms in total. The summed E-state index contributed by atoms with van der Waals surface area (Å²) in [6.45, 7) is 0. The molecule has 3 heterocycles. The van der Waals surface area contributed by atoms with Gasteiger partial charge in [-0.25, -0.2) is 4.79 Å². The van der Waals surface area contributed by atoms with Gasteiger partial charge in [-0.3, -0.25) is 19.4 Å². The predicted molar refractivity (Wildman–Crippen MR) is 120 cm³/mol. The summed E-state index contributed by atoms with van der Waals surface area (Å²) in [5.41, 5.74) is 0. The van der Waals surface area contributed by atoms with Crippen molar-refractivity contribution in [3.63, 3.8) is 0 Å². The number of carbonyl (C=O) groups excluding carboxylic acids is 2. The van der Waals surface area contributed by atoms with E-state index in [2.05, 4.69) is 0 Å². The van der Waals surface area contributed by atoms with Crippen molar-refractivity contribution in [2.45, 2.75) is 101 Å². The Bertz CT molecular complexity index is 910. The third kappa shape index (κ3) is 2.81. The van der Waals surface area contributed by atoms with Crippen LogP contribution in [-0.4, -0.2) is 76.4 Å². The van der Waals surface area contributed by atoms with Crippen molar-refractivity contribution < 1.29 is 29.0 Å². The van der Waals surface area contributed by atoms with Gasteiger partial charge in [-0.05, 0) is 49.4 Å². The summed E-state index contributed by atoms with van der Waals surface area (Å²) >= 11 is 0. The van der Waals surface area contributed by atoms with Crippen LogP contribution < -0.4 is 0 Å². The van der Waals surface area contributed by atoms with Crippen LogP contribution in [0.1, 0.15) is 64.2 Å². The molecular weight excluding hydrogens is 436 g/mol. The molecule has 4 saturated carbocycles. The number of rotatable bonds is 0. The molecule has 0 radical (unpaired) electrons. The molecule has 0 spiro atoms. The van der Waals surface area contributed by atoms with E-state index < -0.39 is 36.2 Å². The van der Waals surface area contributed by atoms with E-state index in [9.17, 15) is 19.5 Å². The van der Waals surface area contributed by atoms with E-state index in [1.54, 1.807) is 11.9 Å². The van der Waals surface area contributed by atoms with Crippen molar-refractivity contribution in [2.24, 2.45) is 35.5 Å². The molecule has 4 aliphatic carbocycles. The van der Waals surface area contributed by atoms with Gasteiger partial charge in [0.1, 0.15) is 6.10 Å². The normalized spacial score (nSPS) is 51.7. The molecule has 0 bridgehead atoms. The molecule has 0 aromatic heterocycles. The molecule has 12 atom stereocenters. The van der Waals surface area contributed by atoms with Crippen LogP contribution in [0.4, 0.5) is 4.79 Å². The fraction of sp³-hybridized carbons (Fsp3) is 0.885. The standard InChI is InChI=1S/C26H36N2O6/c1-27-24(29)19-18-14-8-4-5-9-15(14)28(26(31)32)21(18)23-22(20(19)25(27)30)33-16-10-12-6-2-3-7-13(12)11-17(16)34-23/h12-23H,2-11H2,1H3,(H,31,32). The molecule has 7 fully saturated rings. The molecule has 3 amide bonds. The summed E-state index contributed by atoms with van der Waals surface area (Å²) in [4.78, 5) is 42.4. The maximum absolute atomic E-state index is 13.4. The molecule has 3 aliphatic heterocycles. The summed E-state index contributed by atoms with van der Waals surface area (Å²) in [7, 11) is 1.58. The van der Waals surface area contributed by atoms with E-state index in [1.807, 2.05) is 0 Å². The minimum atomic E-state index is -0.923. The van der Waals surface area contributed by atoms with Crippen molar-refractivity contribution in [1.29, 1.82) is 0 Å². The van der Waals surface area contributed by atoms with Crippen LogP contribution in [0.3, 0.4) is 0 Å². The first kappa shape index (κ1) is 21.6. The van der Waals surface area contributed by atoms with Gasteiger partial charge in [0.25, 0.3) is 0 Å². The van der Waals surface area contributed by atoms with Gasteiger partial charge in [-0.15, -0.1) is 0 Å². The van der Waals surface area contributed by atoms with Gasteiger partial charge in [-0.1, -0.05) is 38.5 Å². The van der Waals surface area contributed by atoms with Crippen molar-refractivity contribution in [3.8, 4) is 0 Å². The third-order valence-corrected chi connectivity index (χ3v) is 10.8. The highest BCUT2D eigenvalue weighted by Gasteiger charge is 2.70. The average Bonchev–Trinajstić information content (AvgIpc) is 3.30. The Balaban J connectivity index is 1.29. The van der Waals surface area contributed by atoms with Gasteiger partial charge in [0.15, 0.2) is 0 Å². The number of ether oxygens (including phenoxy) is 2. The van der Waals surface area contributed by atoms with Gasteiger partial charge < -0.3 is 14.6 Å². The van der Waals surface area contributed by atoms with Crippen molar-refractivity contribution in [3.05, 3.63) is 0 Å². The molecule has 8 heteroatoms. The van der Waals surface area contributed by atoms with Crippen molar-refractivity contribution in [2.75, 3.05) is 7.05 Å². The number of fused-ring (bicyclic) bond motifs is 10.